The number of hydrogen-bond acceptors (Lipinski definition) is 1. The van der Waals surface area contributed by atoms with Crippen molar-refractivity contribution in [3.63, 3.8) is 0 Å². The van der Waals surface area contributed by atoms with Gasteiger partial charge in [-0.3, -0.25) is 0 Å². The first-order chi connectivity index (χ1) is 6.86. The lowest BCUT2D eigenvalue weighted by Crippen LogP contribution is -2.06. The quantitative estimate of drug-likeness (QED) is 0.754. The molecule has 0 N–H and O–H groups in total. The van der Waals surface area contributed by atoms with Gasteiger partial charge in [-0.1, -0.05) is 28.9 Å². The van der Waals surface area contributed by atoms with Crippen LogP contribution < -0.4 is 0 Å². The maximum Gasteiger partial charge on any atom is 0.416 e. The van der Waals surface area contributed by atoms with Crippen LogP contribution in [0.15, 0.2) is 22.7 Å². The molecule has 0 spiro atoms. The van der Waals surface area contributed by atoms with Gasteiger partial charge >= 0.3 is 6.18 Å². The molecule has 0 aromatic heterocycles. The van der Waals surface area contributed by atoms with Crippen molar-refractivity contribution in [2.75, 3.05) is 0 Å². The summed E-state index contributed by atoms with van der Waals surface area (Å²) in [5, 5.41) is 0. The van der Waals surface area contributed by atoms with E-state index in [9.17, 15) is 18.0 Å². The van der Waals surface area contributed by atoms with Crippen LogP contribution in [0.25, 0.3) is 0 Å². The van der Waals surface area contributed by atoms with Gasteiger partial charge in [0.25, 0.3) is 0 Å². The lowest BCUT2D eigenvalue weighted by atomic mass is 10.0. The maximum atomic E-state index is 12.3. The van der Waals surface area contributed by atoms with Crippen molar-refractivity contribution in [2.45, 2.75) is 19.0 Å². The molecule has 0 saturated heterocycles. The summed E-state index contributed by atoms with van der Waals surface area (Å²) in [6.45, 7) is 1.63. The summed E-state index contributed by atoms with van der Waals surface area (Å²) in [5.74, 6) is -0.415. The van der Waals surface area contributed by atoms with Crippen molar-refractivity contribution in [1.82, 2.24) is 0 Å². The minimum atomic E-state index is -4.36. The molecule has 1 nitrogen and oxygen atoms in total. The number of hydrogen-bond donors (Lipinski definition) is 0. The molecule has 1 atom stereocenters. The second-order valence-corrected chi connectivity index (χ2v) is 4.01. The molecule has 0 fully saturated rings. The molecular weight excluding hydrogens is 273 g/mol. The zero-order chi connectivity index (χ0) is 11.6. The number of rotatable bonds is 2. The van der Waals surface area contributed by atoms with Crippen LogP contribution in [0.5, 0.6) is 0 Å². The van der Waals surface area contributed by atoms with Gasteiger partial charge in [0.05, 0.1) is 5.56 Å². The van der Waals surface area contributed by atoms with Crippen LogP contribution in [-0.4, -0.2) is 6.29 Å². The second kappa shape index (κ2) is 4.35. The van der Waals surface area contributed by atoms with Crippen LogP contribution >= 0.6 is 15.9 Å². The van der Waals surface area contributed by atoms with Crippen molar-refractivity contribution in [3.05, 3.63) is 33.8 Å². The summed E-state index contributed by atoms with van der Waals surface area (Å²) >= 11 is 3.02. The number of halogens is 4. The molecule has 0 heterocycles. The number of carbonyl (C=O) groups excluding carboxylic acids is 1. The predicted molar refractivity (Wildman–Crippen MR) is 53.6 cm³/mol. The van der Waals surface area contributed by atoms with Gasteiger partial charge in [0.15, 0.2) is 0 Å². The fraction of sp³-hybridized carbons (Fsp3) is 0.300. The largest absolute Gasteiger partial charge is 0.416 e. The summed E-state index contributed by atoms with van der Waals surface area (Å²) < 4.78 is 37.2. The van der Waals surface area contributed by atoms with Gasteiger partial charge in [0.2, 0.25) is 0 Å². The molecular formula is C10H8BrF3O. The maximum absolute atomic E-state index is 12.3. The summed E-state index contributed by atoms with van der Waals surface area (Å²) in [4.78, 5) is 10.5. The van der Waals surface area contributed by atoms with Crippen molar-refractivity contribution in [2.24, 2.45) is 0 Å². The predicted octanol–water partition coefficient (Wildman–Crippen LogP) is 3.77. The van der Waals surface area contributed by atoms with Gasteiger partial charge in [-0.05, 0) is 17.7 Å². The lowest BCUT2D eigenvalue weighted by molar-refractivity contribution is -0.137. The molecule has 0 saturated carbocycles. The Kier molecular flexibility index (Phi) is 3.54. The Morgan fingerprint density at radius 1 is 1.40 bits per heavy atom. The minimum Gasteiger partial charge on any atom is -0.303 e. The zero-order valence-electron chi connectivity index (χ0n) is 7.81. The molecule has 0 amide bonds. The third kappa shape index (κ3) is 2.81. The van der Waals surface area contributed by atoms with Crippen LogP contribution in [0.3, 0.4) is 0 Å². The molecule has 0 aliphatic rings. The standard InChI is InChI=1S/C10H8BrF3O/c1-6(5-15)8-3-2-7(4-9(8)11)10(12,13)14/h2-6H,1H3. The first kappa shape index (κ1) is 12.2. The van der Waals surface area contributed by atoms with Crippen LogP contribution in [0.2, 0.25) is 0 Å². The molecule has 0 bridgehead atoms. The summed E-state index contributed by atoms with van der Waals surface area (Å²) in [6.07, 6.45) is -3.67. The van der Waals surface area contributed by atoms with E-state index in [4.69, 9.17) is 0 Å². The number of carbonyl (C=O) groups is 1. The molecule has 0 aliphatic carbocycles. The Labute approximate surface area is 93.4 Å². The van der Waals surface area contributed by atoms with Crippen molar-refractivity contribution in [1.29, 1.82) is 0 Å². The second-order valence-electron chi connectivity index (χ2n) is 3.16. The van der Waals surface area contributed by atoms with Crippen molar-refractivity contribution < 1.29 is 18.0 Å². The van der Waals surface area contributed by atoms with Gasteiger partial charge in [-0.25, -0.2) is 0 Å². The molecule has 0 aliphatic heterocycles. The number of benzene rings is 1. The molecule has 1 unspecified atom stereocenters. The third-order valence-electron chi connectivity index (χ3n) is 2.02. The molecule has 1 aromatic rings. The Morgan fingerprint density at radius 2 is 2.00 bits per heavy atom. The lowest BCUT2D eigenvalue weighted by Gasteiger charge is -2.11. The Balaban J connectivity index is 3.14. The summed E-state index contributed by atoms with van der Waals surface area (Å²) in [5.41, 5.74) is -0.172. The van der Waals surface area contributed by atoms with Crippen LogP contribution in [0.1, 0.15) is 24.0 Å². The number of alkyl halides is 3. The number of aldehydes is 1. The van der Waals surface area contributed by atoms with Gasteiger partial charge < -0.3 is 4.79 Å². The first-order valence-corrected chi connectivity index (χ1v) is 4.97. The highest BCUT2D eigenvalue weighted by molar-refractivity contribution is 9.10. The fourth-order valence-electron chi connectivity index (χ4n) is 1.15. The highest BCUT2D eigenvalue weighted by atomic mass is 79.9. The van der Waals surface area contributed by atoms with Gasteiger partial charge in [0.1, 0.15) is 6.29 Å². The summed E-state index contributed by atoms with van der Waals surface area (Å²) in [7, 11) is 0. The molecule has 1 rings (SSSR count). The minimum absolute atomic E-state index is 0.303. The SMILES string of the molecule is CC(C=O)c1ccc(C(F)(F)F)cc1Br. The Hall–Kier alpha value is -0.840. The monoisotopic (exact) mass is 280 g/mol. The average molecular weight is 281 g/mol. The molecule has 15 heavy (non-hydrogen) atoms. The van der Waals surface area contributed by atoms with E-state index in [1.54, 1.807) is 6.92 Å². The smallest absolute Gasteiger partial charge is 0.303 e. The molecule has 5 heteroatoms. The van der Waals surface area contributed by atoms with E-state index in [1.165, 1.54) is 6.07 Å². The highest BCUT2D eigenvalue weighted by Gasteiger charge is 2.31. The van der Waals surface area contributed by atoms with Gasteiger partial charge in [-0.2, -0.15) is 13.2 Å². The van der Waals surface area contributed by atoms with E-state index in [0.29, 0.717) is 16.3 Å². The fourth-order valence-corrected chi connectivity index (χ4v) is 1.89. The van der Waals surface area contributed by atoms with E-state index in [1.807, 2.05) is 0 Å². The molecule has 82 valence electrons. The Bertz CT molecular complexity index is 373. The van der Waals surface area contributed by atoms with E-state index in [-0.39, 0.29) is 0 Å². The first-order valence-electron chi connectivity index (χ1n) is 4.18. The third-order valence-corrected chi connectivity index (χ3v) is 2.71. The highest BCUT2D eigenvalue weighted by Crippen LogP contribution is 2.33. The van der Waals surface area contributed by atoms with Crippen molar-refractivity contribution >= 4 is 22.2 Å². The topological polar surface area (TPSA) is 17.1 Å². The van der Waals surface area contributed by atoms with Gasteiger partial charge in [0, 0.05) is 10.4 Å². The van der Waals surface area contributed by atoms with Crippen LogP contribution in [0, 0.1) is 0 Å². The normalized spacial score (nSPS) is 13.7. The van der Waals surface area contributed by atoms with Gasteiger partial charge in [-0.15, -0.1) is 0 Å². The zero-order valence-corrected chi connectivity index (χ0v) is 9.39. The molecule has 1 aromatic carbocycles. The van der Waals surface area contributed by atoms with Crippen LogP contribution in [0.4, 0.5) is 13.2 Å². The molecule has 0 radical (unpaired) electrons. The van der Waals surface area contributed by atoms with E-state index in [2.05, 4.69) is 15.9 Å². The van der Waals surface area contributed by atoms with Crippen molar-refractivity contribution in [3.8, 4) is 0 Å². The summed E-state index contributed by atoms with van der Waals surface area (Å²) in [6, 6.07) is 3.27. The van der Waals surface area contributed by atoms with Crippen LogP contribution in [-0.2, 0) is 11.0 Å². The van der Waals surface area contributed by atoms with E-state index >= 15 is 0 Å². The Morgan fingerprint density at radius 3 is 2.40 bits per heavy atom. The average Bonchev–Trinajstić information content (AvgIpc) is 2.15. The van der Waals surface area contributed by atoms with E-state index < -0.39 is 17.7 Å². The van der Waals surface area contributed by atoms with E-state index in [0.717, 1.165) is 12.1 Å².